The number of halogens is 2. The van der Waals surface area contributed by atoms with Crippen LogP contribution in [0, 0.1) is 6.92 Å². The van der Waals surface area contributed by atoms with Gasteiger partial charge in [0.2, 0.25) is 0 Å². The summed E-state index contributed by atoms with van der Waals surface area (Å²) in [5.41, 5.74) is 3.10. The van der Waals surface area contributed by atoms with Gasteiger partial charge in [0, 0.05) is 25.6 Å². The van der Waals surface area contributed by atoms with Gasteiger partial charge in [-0.3, -0.25) is 4.98 Å². The van der Waals surface area contributed by atoms with Crippen molar-refractivity contribution >= 4 is 22.4 Å². The topological polar surface area (TPSA) is 72.4 Å². The number of anilines is 2. The van der Waals surface area contributed by atoms with Gasteiger partial charge in [-0.25, -0.2) is 0 Å². The van der Waals surface area contributed by atoms with Crippen LogP contribution in [-0.2, 0) is 15.6 Å². The number of pyridine rings is 1. The van der Waals surface area contributed by atoms with E-state index >= 15 is 0 Å². The molecule has 9 heteroatoms. The minimum Gasteiger partial charge on any atom is -0.381 e. The molecular weight excluding hydrogens is 452 g/mol. The first-order chi connectivity index (χ1) is 16.8. The zero-order valence-electron chi connectivity index (χ0n) is 20.3. The third-order valence-corrected chi connectivity index (χ3v) is 6.83. The van der Waals surface area contributed by atoms with Crippen LogP contribution in [-0.4, -0.2) is 47.6 Å². The van der Waals surface area contributed by atoms with Crippen molar-refractivity contribution in [2.75, 3.05) is 30.4 Å². The molecule has 35 heavy (non-hydrogen) atoms. The Morgan fingerprint density at radius 1 is 1.09 bits per heavy atom. The highest BCUT2D eigenvalue weighted by atomic mass is 19.3. The fraction of sp³-hybridized carbons (Fsp3) is 0.500. The van der Waals surface area contributed by atoms with E-state index in [0.29, 0.717) is 30.3 Å². The number of rotatable bonds is 8. The minimum atomic E-state index is -3.30. The van der Waals surface area contributed by atoms with Crippen LogP contribution in [0.3, 0.4) is 0 Å². The van der Waals surface area contributed by atoms with Crippen LogP contribution in [0.15, 0.2) is 36.5 Å². The Bertz CT molecular complexity index is 1200. The quantitative estimate of drug-likeness (QED) is 0.463. The van der Waals surface area contributed by atoms with Crippen molar-refractivity contribution in [1.29, 1.82) is 0 Å². The van der Waals surface area contributed by atoms with Gasteiger partial charge in [-0.05, 0) is 57.2 Å². The van der Waals surface area contributed by atoms with Gasteiger partial charge in [-0.1, -0.05) is 18.2 Å². The fourth-order valence-corrected chi connectivity index (χ4v) is 4.52. The molecule has 2 aliphatic rings. The normalized spacial score (nSPS) is 18.1. The lowest BCUT2D eigenvalue weighted by atomic mass is 10.0. The number of aryl methyl sites for hydroxylation is 1. The van der Waals surface area contributed by atoms with E-state index in [-0.39, 0.29) is 17.7 Å². The van der Waals surface area contributed by atoms with Gasteiger partial charge in [0.1, 0.15) is 0 Å². The van der Waals surface area contributed by atoms with Gasteiger partial charge in [-0.2, -0.15) is 13.9 Å². The van der Waals surface area contributed by atoms with Crippen LogP contribution in [0.25, 0.3) is 10.9 Å². The molecule has 1 aliphatic heterocycles. The number of fused-ring (bicyclic) bond motifs is 1. The van der Waals surface area contributed by atoms with Gasteiger partial charge >= 0.3 is 6.11 Å². The molecule has 1 saturated carbocycles. The number of hydrogen-bond donors (Lipinski definition) is 1. The minimum absolute atomic E-state index is 0.140. The van der Waals surface area contributed by atoms with Crippen molar-refractivity contribution in [2.24, 2.45) is 0 Å². The Balaban J connectivity index is 1.39. The highest BCUT2D eigenvalue weighted by molar-refractivity contribution is 5.92. The predicted octanol–water partition coefficient (Wildman–Crippen LogP) is 5.35. The lowest BCUT2D eigenvalue weighted by molar-refractivity contribution is -0.255. The van der Waals surface area contributed by atoms with Crippen LogP contribution >= 0.6 is 0 Å². The molecule has 0 unspecified atom stereocenters. The molecule has 186 valence electrons. The lowest BCUT2D eigenvalue weighted by Crippen LogP contribution is -2.36. The molecule has 1 atom stereocenters. The van der Waals surface area contributed by atoms with Crippen LogP contribution in [0.4, 0.5) is 20.3 Å². The molecule has 1 aliphatic carbocycles. The summed E-state index contributed by atoms with van der Waals surface area (Å²) in [6, 6.07) is 8.15. The summed E-state index contributed by atoms with van der Waals surface area (Å²) < 4.78 is 39.5. The van der Waals surface area contributed by atoms with Crippen LogP contribution in [0.5, 0.6) is 0 Å². The summed E-state index contributed by atoms with van der Waals surface area (Å²) in [5, 5.41) is 12.9. The maximum Gasteiger partial charge on any atom is 0.383 e. The zero-order valence-corrected chi connectivity index (χ0v) is 20.3. The van der Waals surface area contributed by atoms with E-state index in [4.69, 9.17) is 9.47 Å². The second-order valence-corrected chi connectivity index (χ2v) is 9.47. The first-order valence-electron chi connectivity index (χ1n) is 12.2. The Morgan fingerprint density at radius 2 is 1.86 bits per heavy atom. The number of alkyl halides is 2. The Labute approximate surface area is 203 Å². The zero-order chi connectivity index (χ0) is 24.6. The Hall–Kier alpha value is -2.91. The molecule has 0 radical (unpaired) electrons. The van der Waals surface area contributed by atoms with E-state index in [1.165, 1.54) is 12.1 Å². The largest absolute Gasteiger partial charge is 0.383 e. The third kappa shape index (κ3) is 5.21. The summed E-state index contributed by atoms with van der Waals surface area (Å²) in [6.45, 7) is 5.59. The van der Waals surface area contributed by atoms with E-state index in [1.807, 2.05) is 26.1 Å². The van der Waals surface area contributed by atoms with E-state index < -0.39 is 6.11 Å². The number of piperidine rings is 1. The van der Waals surface area contributed by atoms with Gasteiger partial charge in [0.15, 0.2) is 5.82 Å². The molecule has 0 spiro atoms. The SMILES string of the molecule is COC1CCN(c2cnc3c(C)nnc(N[C@H](C)c4cccc(C(F)(F)OC5CC5)c4)c3c2)CC1. The molecular formula is C26H31F2N5O2. The molecule has 2 fully saturated rings. The number of methoxy groups -OCH3 is 1. The van der Waals surface area contributed by atoms with Gasteiger partial charge in [0.25, 0.3) is 0 Å². The maximum atomic E-state index is 14.6. The first-order valence-corrected chi connectivity index (χ1v) is 12.2. The average molecular weight is 484 g/mol. The number of benzene rings is 1. The predicted molar refractivity (Wildman–Crippen MR) is 131 cm³/mol. The highest BCUT2D eigenvalue weighted by Crippen LogP contribution is 2.38. The van der Waals surface area contributed by atoms with Crippen LogP contribution in [0.1, 0.15) is 55.5 Å². The monoisotopic (exact) mass is 483 g/mol. The molecule has 0 bridgehead atoms. The summed E-state index contributed by atoms with van der Waals surface area (Å²) in [4.78, 5) is 6.99. The van der Waals surface area contributed by atoms with E-state index in [0.717, 1.165) is 48.2 Å². The summed E-state index contributed by atoms with van der Waals surface area (Å²) in [7, 11) is 1.76. The second kappa shape index (κ2) is 9.62. The molecule has 2 aromatic heterocycles. The molecule has 1 saturated heterocycles. The van der Waals surface area contributed by atoms with Crippen LogP contribution < -0.4 is 10.2 Å². The highest BCUT2D eigenvalue weighted by Gasteiger charge is 2.40. The van der Waals surface area contributed by atoms with Gasteiger partial charge < -0.3 is 19.7 Å². The van der Waals surface area contributed by atoms with Crippen molar-refractivity contribution in [1.82, 2.24) is 15.2 Å². The van der Waals surface area contributed by atoms with Crippen molar-refractivity contribution in [3.8, 4) is 0 Å². The lowest BCUT2D eigenvalue weighted by Gasteiger charge is -2.32. The van der Waals surface area contributed by atoms with Gasteiger partial charge in [0.05, 0.1) is 46.9 Å². The van der Waals surface area contributed by atoms with Crippen molar-refractivity contribution < 1.29 is 18.3 Å². The Morgan fingerprint density at radius 3 is 2.57 bits per heavy atom. The number of nitrogens with one attached hydrogen (secondary N) is 1. The fourth-order valence-electron chi connectivity index (χ4n) is 4.52. The number of nitrogens with zero attached hydrogens (tertiary/aromatic N) is 4. The average Bonchev–Trinajstić information content (AvgIpc) is 3.69. The Kier molecular flexibility index (Phi) is 6.55. The summed E-state index contributed by atoms with van der Waals surface area (Å²) in [6.07, 6.45) is 1.83. The van der Waals surface area contributed by atoms with Gasteiger partial charge in [-0.15, -0.1) is 5.10 Å². The molecule has 7 nitrogen and oxygen atoms in total. The van der Waals surface area contributed by atoms with Crippen LogP contribution in [0.2, 0.25) is 0 Å². The van der Waals surface area contributed by atoms with Crippen molar-refractivity contribution in [2.45, 2.75) is 63.9 Å². The molecule has 1 aromatic carbocycles. The first kappa shape index (κ1) is 23.8. The van der Waals surface area contributed by atoms with E-state index in [9.17, 15) is 8.78 Å². The molecule has 0 amide bonds. The van der Waals surface area contributed by atoms with E-state index in [1.54, 1.807) is 13.2 Å². The molecule has 1 N–H and O–H groups in total. The molecule has 5 rings (SSSR count). The summed E-state index contributed by atoms with van der Waals surface area (Å²) >= 11 is 0. The van der Waals surface area contributed by atoms with Crippen molar-refractivity contribution in [3.05, 3.63) is 53.3 Å². The second-order valence-electron chi connectivity index (χ2n) is 9.47. The maximum absolute atomic E-state index is 14.6. The van der Waals surface area contributed by atoms with Crippen molar-refractivity contribution in [3.63, 3.8) is 0 Å². The number of ether oxygens (including phenoxy) is 2. The summed E-state index contributed by atoms with van der Waals surface area (Å²) in [5.74, 6) is 0.575. The number of hydrogen-bond acceptors (Lipinski definition) is 7. The van der Waals surface area contributed by atoms with E-state index in [2.05, 4.69) is 31.5 Å². The standard InChI is InChI=1S/C26H31F2N5O2/c1-16(18-5-4-6-19(13-18)26(27,28)35-22-7-8-22)30-25-23-14-20(15-29-24(23)17(2)31-32-25)33-11-9-21(34-3)10-12-33/h4-6,13-16,21-22H,7-12H2,1-3H3,(H,30,32)/t16-/m1/s1. The molecule has 3 heterocycles. The number of aromatic nitrogens is 3. The molecule has 3 aromatic rings. The third-order valence-electron chi connectivity index (χ3n) is 6.83. The smallest absolute Gasteiger partial charge is 0.381 e.